The van der Waals surface area contributed by atoms with E-state index in [1.54, 1.807) is 30.8 Å². The minimum atomic E-state index is -1.68. The molecule has 0 aromatic carbocycles. The maximum absolute atomic E-state index is 2.77. The molecule has 0 heterocycles. The van der Waals surface area contributed by atoms with E-state index in [-0.39, 0.29) is 0 Å². The maximum atomic E-state index is 2.77. The molecule has 0 spiro atoms. The van der Waals surface area contributed by atoms with Crippen LogP contribution >= 0.6 is 36.3 Å². The number of fused-ring (bicyclic) bond motifs is 1. The van der Waals surface area contributed by atoms with Gasteiger partial charge in [-0.2, -0.15) is 0 Å². The van der Waals surface area contributed by atoms with E-state index in [1.165, 1.54) is 5.57 Å². The Kier molecular flexibility index (Phi) is 6.18. The van der Waals surface area contributed by atoms with Crippen LogP contribution < -0.4 is 0 Å². The second-order valence-electron chi connectivity index (χ2n) is 6.49. The van der Waals surface area contributed by atoms with Crippen molar-refractivity contribution >= 4 is 49.9 Å². The van der Waals surface area contributed by atoms with Gasteiger partial charge in [0.25, 0.3) is 0 Å². The first-order valence-electron chi connectivity index (χ1n) is 7.99. The molecule has 0 fully saturated rings. The summed E-state index contributed by atoms with van der Waals surface area (Å²) in [5.41, 5.74) is 7.93. The van der Waals surface area contributed by atoms with Gasteiger partial charge in [0.2, 0.25) is 0 Å². The van der Waals surface area contributed by atoms with Crippen molar-refractivity contribution in [1.29, 1.82) is 0 Å². The van der Waals surface area contributed by atoms with Crippen LogP contribution in [0.25, 0.3) is 0 Å². The van der Waals surface area contributed by atoms with Crippen molar-refractivity contribution in [2.45, 2.75) is 33.4 Å². The summed E-state index contributed by atoms with van der Waals surface area (Å²) in [6, 6.07) is 0. The van der Waals surface area contributed by atoms with Crippen molar-refractivity contribution in [1.82, 2.24) is 0 Å². The molecule has 3 rings (SSSR count). The molecule has 3 aliphatic carbocycles. The van der Waals surface area contributed by atoms with Gasteiger partial charge in [-0.1, -0.05) is 0 Å². The van der Waals surface area contributed by atoms with Crippen molar-refractivity contribution in [3.8, 4) is 0 Å². The zero-order valence-electron chi connectivity index (χ0n) is 14.0. The molecule has 0 bridgehead atoms. The van der Waals surface area contributed by atoms with E-state index < -0.39 is 21.5 Å². The Morgan fingerprint density at radius 2 is 1.91 bits per heavy atom. The molecule has 0 saturated carbocycles. The summed E-state index contributed by atoms with van der Waals surface area (Å²) in [5.74, 6) is 0.561. The zero-order valence-corrected chi connectivity index (χ0v) is 22.9. The zero-order chi connectivity index (χ0) is 16.7. The molecule has 0 aromatic heterocycles. The van der Waals surface area contributed by atoms with E-state index in [0.717, 1.165) is 6.42 Å². The van der Waals surface area contributed by atoms with Crippen LogP contribution in [0, 0.1) is 5.92 Å². The number of hydrogen-bond acceptors (Lipinski definition) is 0. The van der Waals surface area contributed by atoms with Gasteiger partial charge in [0, 0.05) is 0 Å². The van der Waals surface area contributed by atoms with Crippen LogP contribution in [0.3, 0.4) is 0 Å². The van der Waals surface area contributed by atoms with E-state index >= 15 is 0 Å². The van der Waals surface area contributed by atoms with E-state index in [4.69, 9.17) is 0 Å². The Bertz CT molecular complexity index is 769. The van der Waals surface area contributed by atoms with Crippen molar-refractivity contribution in [2.75, 3.05) is 0 Å². The average molecular weight is 710 g/mol. The van der Waals surface area contributed by atoms with Crippen LogP contribution in [-0.2, 0) is 13.1 Å². The van der Waals surface area contributed by atoms with Gasteiger partial charge in [0.15, 0.2) is 0 Å². The van der Waals surface area contributed by atoms with Crippen LogP contribution in [0.15, 0.2) is 67.7 Å². The Labute approximate surface area is 167 Å². The second kappa shape index (κ2) is 7.62. The van der Waals surface area contributed by atoms with Crippen LogP contribution in [0.2, 0.25) is 13.1 Å². The van der Waals surface area contributed by atoms with Gasteiger partial charge < -0.3 is 0 Å². The Morgan fingerprint density at radius 1 is 1.17 bits per heavy atom. The van der Waals surface area contributed by atoms with E-state index in [0.29, 0.717) is 5.92 Å². The molecule has 0 aliphatic heterocycles. The van der Waals surface area contributed by atoms with Crippen LogP contribution in [-0.4, -0.2) is 13.6 Å². The minimum absolute atomic E-state index is 0.423. The van der Waals surface area contributed by atoms with E-state index in [9.17, 15) is 0 Å². The molecule has 119 valence electrons. The second-order valence-corrected chi connectivity index (χ2v) is 47.3. The fourth-order valence-corrected chi connectivity index (χ4v) is 19.7. The van der Waals surface area contributed by atoms with Crippen LogP contribution in [0.5, 0.6) is 0 Å². The summed E-state index contributed by atoms with van der Waals surface area (Å²) in [4.78, 5) is 0. The standard InChI is InChI=1S/C19H21Si.Hf.2HI/c1-13-12-16-10-7-11-17(20(3)4)14(2)19(16)18(13)15-8-5-6-9-15;;;/h5-8,10-11,14H,9H2,1-4H3;;2*1H/q;+2;;/p-2. The molecular formula is C19H21HfI2Si. The summed E-state index contributed by atoms with van der Waals surface area (Å²) in [6.45, 7) is 9.68. The SMILES string of the molecule is CC1=[C]([Hf]([I])[I])C2=CC=CC(=[Si](C)C)C(C)C2=C1C1=CC=CC1. The van der Waals surface area contributed by atoms with Gasteiger partial charge in [-0.25, -0.2) is 0 Å². The first kappa shape index (κ1) is 18.6. The summed E-state index contributed by atoms with van der Waals surface area (Å²) in [5, 5.41) is 1.67. The molecule has 0 nitrogen and oxygen atoms in total. The normalized spacial score (nSPS) is 23.2. The summed E-state index contributed by atoms with van der Waals surface area (Å²) in [7, 11) is -0.423. The molecule has 4 heteroatoms. The third-order valence-corrected chi connectivity index (χ3v) is 19.1. The predicted molar refractivity (Wildman–Crippen MR) is 118 cm³/mol. The van der Waals surface area contributed by atoms with E-state index in [2.05, 4.69) is 99.7 Å². The molecule has 0 saturated heterocycles. The third kappa shape index (κ3) is 3.43. The molecule has 1 unspecified atom stereocenters. The predicted octanol–water partition coefficient (Wildman–Crippen LogP) is 6.42. The number of halogens is 2. The first-order chi connectivity index (χ1) is 10.9. The van der Waals surface area contributed by atoms with Crippen molar-refractivity contribution < 1.29 is 13.1 Å². The van der Waals surface area contributed by atoms with Gasteiger partial charge in [-0.3, -0.25) is 0 Å². The molecular weight excluding hydrogens is 689 g/mol. The molecule has 0 radical (unpaired) electrons. The molecule has 23 heavy (non-hydrogen) atoms. The molecule has 3 aliphatic rings. The van der Waals surface area contributed by atoms with Crippen molar-refractivity contribution in [3.05, 3.63) is 67.7 Å². The topological polar surface area (TPSA) is 0 Å². The monoisotopic (exact) mass is 711 g/mol. The van der Waals surface area contributed by atoms with E-state index in [1.807, 2.05) is 0 Å². The van der Waals surface area contributed by atoms with Gasteiger partial charge >= 0.3 is 170 Å². The molecule has 0 aromatic rings. The first-order valence-corrected chi connectivity index (χ1v) is 32.7. The molecule has 0 amide bonds. The van der Waals surface area contributed by atoms with Gasteiger partial charge in [-0.05, 0) is 0 Å². The quantitative estimate of drug-likeness (QED) is 0.230. The Morgan fingerprint density at radius 3 is 2.48 bits per heavy atom. The fraction of sp³-hybridized carbons (Fsp3) is 0.316. The van der Waals surface area contributed by atoms with Crippen molar-refractivity contribution in [2.24, 2.45) is 5.92 Å². The fourth-order valence-electron chi connectivity index (χ4n) is 3.86. The third-order valence-electron chi connectivity index (χ3n) is 4.88. The molecule has 0 N–H and O–H groups in total. The van der Waals surface area contributed by atoms with Gasteiger partial charge in [0.05, 0.1) is 0 Å². The van der Waals surface area contributed by atoms with Gasteiger partial charge in [-0.15, -0.1) is 0 Å². The summed E-state index contributed by atoms with van der Waals surface area (Å²) in [6.07, 6.45) is 15.1. The van der Waals surface area contributed by atoms with Gasteiger partial charge in [0.1, 0.15) is 0 Å². The Hall–Kier alpha value is 0.857. The molecule has 1 atom stereocenters. The van der Waals surface area contributed by atoms with Crippen LogP contribution in [0.1, 0.15) is 20.3 Å². The van der Waals surface area contributed by atoms with Crippen molar-refractivity contribution in [3.63, 3.8) is 0 Å². The average Bonchev–Trinajstić information content (AvgIpc) is 3.04. The van der Waals surface area contributed by atoms with Crippen LogP contribution in [0.4, 0.5) is 0 Å². The summed E-state index contributed by atoms with van der Waals surface area (Å²) < 4.78 is 1.74. The number of hydrogen-bond donors (Lipinski definition) is 0. The number of rotatable bonds is 2. The number of allylic oxidation sites excluding steroid dienone is 12. The Balaban J connectivity index is 2.26. The summed E-state index contributed by atoms with van der Waals surface area (Å²) >= 11 is 3.87.